The summed E-state index contributed by atoms with van der Waals surface area (Å²) in [7, 11) is 2.08. The van der Waals surface area contributed by atoms with Gasteiger partial charge in [-0.3, -0.25) is 19.5 Å². The zero-order valence-electron chi connectivity index (χ0n) is 21.4. The predicted molar refractivity (Wildman–Crippen MR) is 144 cm³/mol. The Kier molecular flexibility index (Phi) is 7.18. The van der Waals surface area contributed by atoms with E-state index < -0.39 is 17.8 Å². The molecule has 194 valence electrons. The Morgan fingerprint density at radius 1 is 1.16 bits per heavy atom. The molecule has 1 aromatic heterocycles. The van der Waals surface area contributed by atoms with Crippen LogP contribution in [-0.2, 0) is 13.1 Å². The first kappa shape index (κ1) is 25.5. The number of aromatic nitrogens is 2. The van der Waals surface area contributed by atoms with E-state index in [1.54, 1.807) is 41.2 Å². The molecule has 2 heterocycles. The lowest BCUT2D eigenvalue weighted by Gasteiger charge is -2.24. The maximum atomic E-state index is 15.6. The molecule has 1 amide bonds. The molecule has 3 aromatic carbocycles. The lowest BCUT2D eigenvalue weighted by molar-refractivity contribution is 0.0919. The Labute approximate surface area is 221 Å². The standard InChI is InChI=1S/C30H30FN5O2/c1-3-13-35(2)17-21-7-4-5-10-23(21)19-11-12-24(25(31)15-19)27-29(37)28-26(16-33-27)34-18-36(28)22-9-6-8-20(14-22)30(32)38/h4-12,14-15,18,27,33H,3,13,16-17H2,1-2H3,(H2,32,38). The van der Waals surface area contributed by atoms with Gasteiger partial charge in [0.25, 0.3) is 0 Å². The van der Waals surface area contributed by atoms with Crippen molar-refractivity contribution in [2.75, 3.05) is 13.6 Å². The number of hydrogen-bond donors (Lipinski definition) is 2. The van der Waals surface area contributed by atoms with Gasteiger partial charge in [-0.25, -0.2) is 9.37 Å². The van der Waals surface area contributed by atoms with Crippen LogP contribution in [0.25, 0.3) is 16.8 Å². The highest BCUT2D eigenvalue weighted by Crippen LogP contribution is 2.32. The van der Waals surface area contributed by atoms with E-state index >= 15 is 4.39 Å². The van der Waals surface area contributed by atoms with Gasteiger partial charge in [0.1, 0.15) is 23.9 Å². The molecule has 4 aromatic rings. The Morgan fingerprint density at radius 3 is 2.74 bits per heavy atom. The Morgan fingerprint density at radius 2 is 1.97 bits per heavy atom. The highest BCUT2D eigenvalue weighted by Gasteiger charge is 2.34. The lowest BCUT2D eigenvalue weighted by atomic mass is 9.92. The lowest BCUT2D eigenvalue weighted by Crippen LogP contribution is -2.36. The number of carbonyl (C=O) groups is 2. The first-order valence-electron chi connectivity index (χ1n) is 12.7. The number of primary amides is 1. The molecule has 1 unspecified atom stereocenters. The van der Waals surface area contributed by atoms with Crippen LogP contribution in [0.15, 0.2) is 73.1 Å². The van der Waals surface area contributed by atoms with E-state index in [-0.39, 0.29) is 11.3 Å². The SMILES string of the molecule is CCCN(C)Cc1ccccc1-c1ccc(C2NCc3ncn(-c4cccc(C(N)=O)c4)c3C2=O)c(F)c1. The molecule has 7 nitrogen and oxygen atoms in total. The van der Waals surface area contributed by atoms with Gasteiger partial charge in [-0.05, 0) is 61.0 Å². The van der Waals surface area contributed by atoms with Gasteiger partial charge in [0.15, 0.2) is 0 Å². The van der Waals surface area contributed by atoms with Gasteiger partial charge < -0.3 is 10.6 Å². The molecular weight excluding hydrogens is 481 g/mol. The summed E-state index contributed by atoms with van der Waals surface area (Å²) in [6.45, 7) is 4.19. The molecule has 1 atom stereocenters. The maximum Gasteiger partial charge on any atom is 0.248 e. The smallest absolute Gasteiger partial charge is 0.248 e. The summed E-state index contributed by atoms with van der Waals surface area (Å²) in [5.74, 6) is -1.30. The molecular formula is C30H30FN5O2. The molecule has 8 heteroatoms. The fraction of sp³-hybridized carbons (Fsp3) is 0.233. The summed E-state index contributed by atoms with van der Waals surface area (Å²) in [5.41, 5.74) is 10.4. The fourth-order valence-corrected chi connectivity index (χ4v) is 5.08. The Bertz CT molecular complexity index is 1510. The molecule has 0 saturated carbocycles. The topological polar surface area (TPSA) is 93.2 Å². The number of carbonyl (C=O) groups excluding carboxylic acids is 2. The number of fused-ring (bicyclic) bond motifs is 1. The van der Waals surface area contributed by atoms with Gasteiger partial charge in [-0.1, -0.05) is 49.4 Å². The normalized spacial score (nSPS) is 15.1. The van der Waals surface area contributed by atoms with E-state index in [2.05, 4.69) is 35.2 Å². The van der Waals surface area contributed by atoms with E-state index in [9.17, 15) is 9.59 Å². The summed E-state index contributed by atoms with van der Waals surface area (Å²) in [4.78, 5) is 31.9. The second kappa shape index (κ2) is 10.7. The first-order valence-corrected chi connectivity index (χ1v) is 12.7. The van der Waals surface area contributed by atoms with Crippen LogP contribution in [0.3, 0.4) is 0 Å². The monoisotopic (exact) mass is 511 g/mol. The molecule has 0 spiro atoms. The highest BCUT2D eigenvalue weighted by atomic mass is 19.1. The summed E-state index contributed by atoms with van der Waals surface area (Å²) in [6, 6.07) is 18.9. The molecule has 3 N–H and O–H groups in total. The third-order valence-electron chi connectivity index (χ3n) is 6.91. The van der Waals surface area contributed by atoms with Crippen molar-refractivity contribution < 1.29 is 14.0 Å². The van der Waals surface area contributed by atoms with Crippen LogP contribution < -0.4 is 11.1 Å². The molecule has 1 aliphatic heterocycles. The van der Waals surface area contributed by atoms with Crippen molar-refractivity contribution in [2.24, 2.45) is 5.73 Å². The minimum absolute atomic E-state index is 0.281. The largest absolute Gasteiger partial charge is 0.366 e. The number of nitrogens with zero attached hydrogens (tertiary/aromatic N) is 3. The highest BCUT2D eigenvalue weighted by molar-refractivity contribution is 6.02. The first-order chi connectivity index (χ1) is 18.4. The van der Waals surface area contributed by atoms with Gasteiger partial charge in [0.05, 0.1) is 5.69 Å². The molecule has 1 aliphatic rings. The molecule has 0 aliphatic carbocycles. The second-order valence-electron chi connectivity index (χ2n) is 9.63. The predicted octanol–water partition coefficient (Wildman–Crippen LogP) is 4.65. The third-order valence-corrected chi connectivity index (χ3v) is 6.91. The van der Waals surface area contributed by atoms with Gasteiger partial charge in [-0.2, -0.15) is 0 Å². The number of Topliss-reactive ketones (excluding diaryl/α,β-unsaturated/α-hetero) is 1. The number of halogens is 1. The summed E-state index contributed by atoms with van der Waals surface area (Å²) in [6.07, 6.45) is 2.60. The van der Waals surface area contributed by atoms with Crippen molar-refractivity contribution in [3.05, 3.63) is 107 Å². The molecule has 5 rings (SSSR count). The maximum absolute atomic E-state index is 15.6. The molecule has 0 bridgehead atoms. The quantitative estimate of drug-likeness (QED) is 0.359. The number of imidazole rings is 1. The van der Waals surface area contributed by atoms with E-state index in [4.69, 9.17) is 5.73 Å². The van der Waals surface area contributed by atoms with Gasteiger partial charge in [0.2, 0.25) is 11.7 Å². The van der Waals surface area contributed by atoms with Gasteiger partial charge in [0, 0.05) is 29.9 Å². The fourth-order valence-electron chi connectivity index (χ4n) is 5.08. The van der Waals surface area contributed by atoms with E-state index in [1.807, 2.05) is 24.3 Å². The molecule has 0 saturated heterocycles. The van der Waals surface area contributed by atoms with Crippen molar-refractivity contribution in [3.8, 4) is 16.8 Å². The Hall–Kier alpha value is -4.14. The van der Waals surface area contributed by atoms with E-state index in [0.29, 0.717) is 29.2 Å². The van der Waals surface area contributed by atoms with Crippen molar-refractivity contribution >= 4 is 11.7 Å². The molecule has 0 fully saturated rings. The van der Waals surface area contributed by atoms with Crippen molar-refractivity contribution in [1.82, 2.24) is 19.8 Å². The van der Waals surface area contributed by atoms with Crippen molar-refractivity contribution in [3.63, 3.8) is 0 Å². The molecule has 0 radical (unpaired) electrons. The molecule has 38 heavy (non-hydrogen) atoms. The second-order valence-corrected chi connectivity index (χ2v) is 9.63. The average Bonchev–Trinajstić information content (AvgIpc) is 3.35. The van der Waals surface area contributed by atoms with Crippen LogP contribution in [0.5, 0.6) is 0 Å². The number of benzene rings is 3. The zero-order valence-corrected chi connectivity index (χ0v) is 21.4. The summed E-state index contributed by atoms with van der Waals surface area (Å²) >= 11 is 0. The van der Waals surface area contributed by atoms with Crippen LogP contribution in [0.2, 0.25) is 0 Å². The summed E-state index contributed by atoms with van der Waals surface area (Å²) < 4.78 is 17.2. The number of rotatable bonds is 8. The Balaban J connectivity index is 1.46. The van der Waals surface area contributed by atoms with Crippen molar-refractivity contribution in [1.29, 1.82) is 0 Å². The summed E-state index contributed by atoms with van der Waals surface area (Å²) in [5, 5.41) is 3.14. The van der Waals surface area contributed by atoms with Gasteiger partial charge in [-0.15, -0.1) is 0 Å². The number of ketones is 1. The number of nitrogens with two attached hydrogens (primary N) is 1. The van der Waals surface area contributed by atoms with Crippen LogP contribution in [0, 0.1) is 5.82 Å². The van der Waals surface area contributed by atoms with Gasteiger partial charge >= 0.3 is 0 Å². The number of hydrogen-bond acceptors (Lipinski definition) is 5. The van der Waals surface area contributed by atoms with Crippen molar-refractivity contribution in [2.45, 2.75) is 32.5 Å². The van der Waals surface area contributed by atoms with E-state index in [1.165, 1.54) is 6.07 Å². The number of nitrogens with one attached hydrogen (secondary N) is 1. The minimum Gasteiger partial charge on any atom is -0.366 e. The van der Waals surface area contributed by atoms with Crippen LogP contribution in [0.4, 0.5) is 4.39 Å². The van der Waals surface area contributed by atoms with Crippen LogP contribution in [0.1, 0.15) is 57.1 Å². The zero-order chi connectivity index (χ0) is 26.8. The minimum atomic E-state index is -0.864. The third kappa shape index (κ3) is 4.88. The van der Waals surface area contributed by atoms with Crippen LogP contribution >= 0.6 is 0 Å². The van der Waals surface area contributed by atoms with Crippen LogP contribution in [-0.4, -0.2) is 39.7 Å². The number of amides is 1. The average molecular weight is 512 g/mol. The van der Waals surface area contributed by atoms with E-state index in [0.717, 1.165) is 36.2 Å².